The maximum absolute atomic E-state index is 12.6. The maximum Gasteiger partial charge on any atom is 0.547 e. The van der Waals surface area contributed by atoms with Crippen LogP contribution in [0.5, 0.6) is 5.75 Å². The molecule has 0 aliphatic carbocycles. The molecular weight excluding hydrogens is 371 g/mol. The molecule has 0 saturated heterocycles. The highest BCUT2D eigenvalue weighted by Crippen LogP contribution is 2.30. The van der Waals surface area contributed by atoms with Crippen LogP contribution in [-0.4, -0.2) is 40.1 Å². The van der Waals surface area contributed by atoms with Gasteiger partial charge in [0.05, 0.1) is 11.5 Å². The van der Waals surface area contributed by atoms with Gasteiger partial charge in [-0.05, 0) is 53.4 Å². The molecule has 29 heavy (non-hydrogen) atoms. The number of fused-ring (bicyclic) bond motifs is 1. The molecule has 3 aromatic rings. The number of carboxylic acid groups (broad SMARTS) is 1. The van der Waals surface area contributed by atoms with Crippen molar-refractivity contribution in [3.05, 3.63) is 83.7 Å². The number of carboxylic acids is 1. The van der Waals surface area contributed by atoms with Crippen LogP contribution in [0.25, 0.3) is 11.1 Å². The summed E-state index contributed by atoms with van der Waals surface area (Å²) >= 11 is 0. The Morgan fingerprint density at radius 1 is 1.03 bits per heavy atom. The van der Waals surface area contributed by atoms with Crippen LogP contribution in [-0.2, 0) is 6.42 Å². The van der Waals surface area contributed by atoms with E-state index in [4.69, 9.17) is 4.65 Å². The number of carbonyl (C=O) groups is 2. The van der Waals surface area contributed by atoms with E-state index < -0.39 is 19.0 Å². The zero-order valence-corrected chi connectivity index (χ0v) is 15.3. The van der Waals surface area contributed by atoms with Crippen molar-refractivity contribution in [2.75, 3.05) is 0 Å². The lowest BCUT2D eigenvalue weighted by Gasteiger charge is -2.28. The minimum atomic E-state index is -1.34. The predicted molar refractivity (Wildman–Crippen MR) is 107 cm³/mol. The second-order valence-electron chi connectivity index (χ2n) is 6.70. The number of benzene rings is 2. The molecule has 0 spiro atoms. The predicted octanol–water partition coefficient (Wildman–Crippen LogP) is 2.20. The summed E-state index contributed by atoms with van der Waals surface area (Å²) in [5, 5.41) is 22.3. The largest absolute Gasteiger partial charge is 0.547 e. The van der Waals surface area contributed by atoms with Crippen molar-refractivity contribution in [3.8, 4) is 16.9 Å². The van der Waals surface area contributed by atoms with Gasteiger partial charge in [0, 0.05) is 18.0 Å². The molecule has 0 fully saturated rings. The third kappa shape index (κ3) is 3.83. The van der Waals surface area contributed by atoms with E-state index >= 15 is 0 Å². The first-order valence-corrected chi connectivity index (χ1v) is 9.04. The number of aromatic nitrogens is 1. The number of pyridine rings is 1. The van der Waals surface area contributed by atoms with Gasteiger partial charge in [-0.25, -0.2) is 4.79 Å². The van der Waals surface area contributed by atoms with Crippen LogP contribution < -0.4 is 9.97 Å². The van der Waals surface area contributed by atoms with E-state index in [9.17, 15) is 19.7 Å². The highest BCUT2D eigenvalue weighted by Gasteiger charge is 2.37. The van der Waals surface area contributed by atoms with Crippen molar-refractivity contribution in [1.82, 2.24) is 10.3 Å². The van der Waals surface area contributed by atoms with Gasteiger partial charge in [-0.3, -0.25) is 9.78 Å². The lowest BCUT2D eigenvalue weighted by atomic mass is 9.72. The van der Waals surface area contributed by atoms with E-state index in [1.54, 1.807) is 36.7 Å². The fraction of sp³-hybridized carbons (Fsp3) is 0.0952. The van der Waals surface area contributed by atoms with Gasteiger partial charge in [-0.1, -0.05) is 24.3 Å². The van der Waals surface area contributed by atoms with E-state index in [0.717, 1.165) is 11.1 Å². The van der Waals surface area contributed by atoms with Crippen LogP contribution in [0.3, 0.4) is 0 Å². The molecule has 1 amide bonds. The molecule has 144 valence electrons. The van der Waals surface area contributed by atoms with Gasteiger partial charge >= 0.3 is 13.1 Å². The number of nitrogens with one attached hydrogen (secondary N) is 1. The number of hydrogen-bond donors (Lipinski definition) is 3. The van der Waals surface area contributed by atoms with Crippen molar-refractivity contribution >= 4 is 19.0 Å². The molecule has 3 N–H and O–H groups in total. The normalized spacial score (nSPS) is 15.2. The molecule has 0 radical (unpaired) electrons. The molecule has 8 heteroatoms. The minimum Gasteiger partial charge on any atom is -0.534 e. The first-order chi connectivity index (χ1) is 14.0. The van der Waals surface area contributed by atoms with Crippen LogP contribution in [0.2, 0.25) is 0 Å². The van der Waals surface area contributed by atoms with Crippen molar-refractivity contribution in [1.29, 1.82) is 0 Å². The Labute approximate surface area is 167 Å². The molecule has 1 unspecified atom stereocenters. The Morgan fingerprint density at radius 2 is 1.72 bits per heavy atom. The molecular formula is C21H17BN2O5. The van der Waals surface area contributed by atoms with Crippen molar-refractivity contribution in [2.24, 2.45) is 0 Å². The van der Waals surface area contributed by atoms with E-state index in [0.29, 0.717) is 11.1 Å². The third-order valence-electron chi connectivity index (χ3n) is 4.83. The third-order valence-corrected chi connectivity index (χ3v) is 4.83. The van der Waals surface area contributed by atoms with Crippen LogP contribution >= 0.6 is 0 Å². The molecule has 4 rings (SSSR count). The quantitative estimate of drug-likeness (QED) is 0.592. The van der Waals surface area contributed by atoms with Crippen molar-refractivity contribution in [2.45, 2.75) is 12.4 Å². The highest BCUT2D eigenvalue weighted by atomic mass is 16.5. The van der Waals surface area contributed by atoms with Crippen molar-refractivity contribution < 1.29 is 24.4 Å². The van der Waals surface area contributed by atoms with Gasteiger partial charge in [-0.2, -0.15) is 0 Å². The maximum atomic E-state index is 12.6. The molecule has 1 aliphatic heterocycles. The Balaban J connectivity index is 1.49. The standard InChI is InChI=1S/C21H17BN2O5/c25-20(15-6-4-13(5-7-15)14-8-10-23-11-9-14)24-18-12-16-2-1-3-17(21(26)27)19(16)29-22(18)28/h1-11,18,28H,12H2,(H,24,25)(H,26,27). The molecule has 2 aromatic carbocycles. The van der Waals surface area contributed by atoms with Gasteiger partial charge < -0.3 is 20.1 Å². The summed E-state index contributed by atoms with van der Waals surface area (Å²) in [4.78, 5) is 27.9. The van der Waals surface area contributed by atoms with Gasteiger partial charge in [0.1, 0.15) is 5.75 Å². The number of hydrogen-bond acceptors (Lipinski definition) is 5. The molecule has 7 nitrogen and oxygen atoms in total. The van der Waals surface area contributed by atoms with Crippen molar-refractivity contribution in [3.63, 3.8) is 0 Å². The second kappa shape index (κ2) is 7.77. The average molecular weight is 388 g/mol. The summed E-state index contributed by atoms with van der Waals surface area (Å²) in [7, 11) is -1.34. The first kappa shape index (κ1) is 18.7. The topological polar surface area (TPSA) is 109 Å². The number of nitrogens with zero attached hydrogens (tertiary/aromatic N) is 1. The zero-order valence-electron chi connectivity index (χ0n) is 15.3. The number of rotatable bonds is 4. The summed E-state index contributed by atoms with van der Waals surface area (Å²) in [6.07, 6.45) is 3.67. The lowest BCUT2D eigenvalue weighted by molar-refractivity contribution is 0.0693. The summed E-state index contributed by atoms with van der Waals surface area (Å²) in [6, 6.07) is 15.6. The minimum absolute atomic E-state index is 0.0157. The number of carbonyl (C=O) groups excluding carboxylic acids is 1. The Morgan fingerprint density at radius 3 is 2.41 bits per heavy atom. The summed E-state index contributed by atoms with van der Waals surface area (Å²) in [5.41, 5.74) is 3.00. The van der Waals surface area contributed by atoms with E-state index in [-0.39, 0.29) is 23.6 Å². The Bertz CT molecular complexity index is 1060. The van der Waals surface area contributed by atoms with E-state index in [1.807, 2.05) is 24.3 Å². The summed E-state index contributed by atoms with van der Waals surface area (Å²) in [5.74, 6) is -2.04. The number of aromatic carboxylic acids is 1. The van der Waals surface area contributed by atoms with Crippen LogP contribution in [0.15, 0.2) is 67.0 Å². The Kier molecular flexibility index (Phi) is 5.01. The van der Waals surface area contributed by atoms with E-state index in [2.05, 4.69) is 10.3 Å². The van der Waals surface area contributed by atoms with Crippen LogP contribution in [0.4, 0.5) is 0 Å². The molecule has 1 aliphatic rings. The van der Waals surface area contributed by atoms with E-state index in [1.165, 1.54) is 6.07 Å². The number of para-hydroxylation sites is 1. The fourth-order valence-corrected chi connectivity index (χ4v) is 3.33. The van der Waals surface area contributed by atoms with Crippen LogP contribution in [0, 0.1) is 0 Å². The first-order valence-electron chi connectivity index (χ1n) is 9.04. The molecule has 1 atom stereocenters. The fourth-order valence-electron chi connectivity index (χ4n) is 3.33. The summed E-state index contributed by atoms with van der Waals surface area (Å²) < 4.78 is 5.40. The average Bonchev–Trinajstić information content (AvgIpc) is 2.74. The smallest absolute Gasteiger partial charge is 0.534 e. The highest BCUT2D eigenvalue weighted by molar-refractivity contribution is 6.47. The van der Waals surface area contributed by atoms with Gasteiger partial charge in [0.15, 0.2) is 0 Å². The number of amides is 1. The van der Waals surface area contributed by atoms with Gasteiger partial charge in [-0.15, -0.1) is 0 Å². The van der Waals surface area contributed by atoms with Gasteiger partial charge in [0.2, 0.25) is 0 Å². The zero-order chi connectivity index (χ0) is 20.4. The van der Waals surface area contributed by atoms with Crippen LogP contribution in [0.1, 0.15) is 26.3 Å². The second-order valence-corrected chi connectivity index (χ2v) is 6.70. The SMILES string of the molecule is O=C(NC1Cc2cccc(C(=O)O)c2OB1O)c1ccc(-c2ccncc2)cc1. The molecule has 0 saturated carbocycles. The molecule has 1 aromatic heterocycles. The summed E-state index contributed by atoms with van der Waals surface area (Å²) in [6.45, 7) is 0. The molecule has 2 heterocycles. The Hall–Kier alpha value is -3.65. The lowest BCUT2D eigenvalue weighted by Crippen LogP contribution is -2.53. The molecule has 0 bridgehead atoms. The monoisotopic (exact) mass is 388 g/mol. The van der Waals surface area contributed by atoms with Gasteiger partial charge in [0.25, 0.3) is 5.91 Å².